The topological polar surface area (TPSA) is 32.6 Å². The van der Waals surface area contributed by atoms with Gasteiger partial charge in [0, 0.05) is 37.1 Å². The maximum absolute atomic E-state index is 4.81. The summed E-state index contributed by atoms with van der Waals surface area (Å²) in [6.45, 7) is 3.07. The second-order valence-corrected chi connectivity index (χ2v) is 6.83. The van der Waals surface area contributed by atoms with Gasteiger partial charge in [-0.15, -0.1) is 0 Å². The molecule has 0 aliphatic carbocycles. The highest BCUT2D eigenvalue weighted by molar-refractivity contribution is 5.47. The van der Waals surface area contributed by atoms with Crippen LogP contribution in [0.3, 0.4) is 0 Å². The molecule has 0 aromatic carbocycles. The highest BCUT2D eigenvalue weighted by atomic mass is 15.2. The molecule has 2 saturated heterocycles. The number of hydrogen-bond donors (Lipinski definition) is 1. The van der Waals surface area contributed by atoms with E-state index >= 15 is 0 Å². The number of hydrogen-bond acceptors (Lipinski definition) is 3. The van der Waals surface area contributed by atoms with Gasteiger partial charge in [-0.2, -0.15) is 0 Å². The molecule has 21 heavy (non-hydrogen) atoms. The first-order chi connectivity index (χ1) is 10.2. The predicted octanol–water partition coefficient (Wildman–Crippen LogP) is 2.36. The van der Waals surface area contributed by atoms with Crippen molar-refractivity contribution in [1.82, 2.24) is 19.6 Å². The first kappa shape index (κ1) is 13.3. The van der Waals surface area contributed by atoms with Crippen molar-refractivity contribution in [3.63, 3.8) is 0 Å². The standard InChI is InChI=1S/C17H24N4/c1-12-4-3-7-21-11-15(19-17(12)21)10-20(2)16-8-13-5-6-14(9-16)18-13/h3-4,7,11,13-14,16,18H,5-6,8-10H2,1-2H3. The lowest BCUT2D eigenvalue weighted by Gasteiger charge is -2.35. The minimum Gasteiger partial charge on any atom is -0.311 e. The van der Waals surface area contributed by atoms with Crippen LogP contribution in [0.15, 0.2) is 24.5 Å². The lowest BCUT2D eigenvalue weighted by molar-refractivity contribution is 0.164. The normalized spacial score (nSPS) is 28.6. The Balaban J connectivity index is 1.50. The summed E-state index contributed by atoms with van der Waals surface area (Å²) in [7, 11) is 2.26. The van der Waals surface area contributed by atoms with E-state index in [1.807, 2.05) is 0 Å². The van der Waals surface area contributed by atoms with Crippen LogP contribution >= 0.6 is 0 Å². The summed E-state index contributed by atoms with van der Waals surface area (Å²) >= 11 is 0. The summed E-state index contributed by atoms with van der Waals surface area (Å²) in [6.07, 6.45) is 9.57. The molecule has 0 saturated carbocycles. The minimum absolute atomic E-state index is 0.703. The molecule has 0 radical (unpaired) electrons. The summed E-state index contributed by atoms with van der Waals surface area (Å²) in [6, 6.07) is 6.41. The third-order valence-corrected chi connectivity index (χ3v) is 5.21. The molecule has 2 unspecified atom stereocenters. The molecule has 4 heterocycles. The molecule has 2 aliphatic heterocycles. The Morgan fingerprint density at radius 3 is 2.81 bits per heavy atom. The molecule has 2 bridgehead atoms. The number of fused-ring (bicyclic) bond motifs is 3. The molecule has 2 aromatic heterocycles. The zero-order valence-corrected chi connectivity index (χ0v) is 12.9. The van der Waals surface area contributed by atoms with Gasteiger partial charge in [-0.3, -0.25) is 4.90 Å². The van der Waals surface area contributed by atoms with E-state index < -0.39 is 0 Å². The van der Waals surface area contributed by atoms with Crippen LogP contribution in [-0.4, -0.2) is 39.5 Å². The number of aryl methyl sites for hydroxylation is 1. The number of rotatable bonds is 3. The van der Waals surface area contributed by atoms with Gasteiger partial charge >= 0.3 is 0 Å². The molecule has 112 valence electrons. The lowest BCUT2D eigenvalue weighted by atomic mass is 9.98. The molecule has 4 nitrogen and oxygen atoms in total. The number of piperidine rings is 1. The molecule has 2 atom stereocenters. The third kappa shape index (κ3) is 2.47. The first-order valence-corrected chi connectivity index (χ1v) is 8.08. The van der Waals surface area contributed by atoms with E-state index in [1.54, 1.807) is 0 Å². The maximum Gasteiger partial charge on any atom is 0.139 e. The molecule has 0 spiro atoms. The number of aromatic nitrogens is 2. The van der Waals surface area contributed by atoms with E-state index in [0.29, 0.717) is 6.04 Å². The van der Waals surface area contributed by atoms with Crippen LogP contribution in [0, 0.1) is 6.92 Å². The van der Waals surface area contributed by atoms with Crippen molar-refractivity contribution in [3.8, 4) is 0 Å². The molecule has 2 aromatic rings. The van der Waals surface area contributed by atoms with Gasteiger partial charge < -0.3 is 9.72 Å². The second-order valence-electron chi connectivity index (χ2n) is 6.83. The van der Waals surface area contributed by atoms with Crippen molar-refractivity contribution in [2.45, 2.75) is 57.3 Å². The molecule has 1 N–H and O–H groups in total. The minimum atomic E-state index is 0.703. The Morgan fingerprint density at radius 1 is 1.33 bits per heavy atom. The molecule has 0 amide bonds. The fourth-order valence-corrected chi connectivity index (χ4v) is 4.05. The molecular formula is C17H24N4. The van der Waals surface area contributed by atoms with Crippen LogP contribution in [0.5, 0.6) is 0 Å². The second kappa shape index (κ2) is 5.11. The van der Waals surface area contributed by atoms with Gasteiger partial charge in [0.05, 0.1) is 5.69 Å². The van der Waals surface area contributed by atoms with Gasteiger partial charge in [-0.25, -0.2) is 4.98 Å². The number of nitrogens with zero attached hydrogens (tertiary/aromatic N) is 3. The Bertz CT molecular complexity index is 635. The highest BCUT2D eigenvalue weighted by Gasteiger charge is 2.35. The van der Waals surface area contributed by atoms with Crippen LogP contribution in [0.2, 0.25) is 0 Å². The van der Waals surface area contributed by atoms with Crippen molar-refractivity contribution in [1.29, 1.82) is 0 Å². The van der Waals surface area contributed by atoms with Gasteiger partial charge in [0.1, 0.15) is 5.65 Å². The number of imidazole rings is 1. The number of nitrogens with one attached hydrogen (secondary N) is 1. The van der Waals surface area contributed by atoms with E-state index in [1.165, 1.54) is 36.9 Å². The van der Waals surface area contributed by atoms with E-state index in [4.69, 9.17) is 4.98 Å². The van der Waals surface area contributed by atoms with Gasteiger partial charge in [0.15, 0.2) is 0 Å². The Hall–Kier alpha value is -1.39. The van der Waals surface area contributed by atoms with E-state index in [2.05, 4.69) is 53.1 Å². The van der Waals surface area contributed by atoms with E-state index in [9.17, 15) is 0 Å². The Labute approximate surface area is 126 Å². The third-order valence-electron chi connectivity index (χ3n) is 5.21. The Kier molecular flexibility index (Phi) is 3.23. The summed E-state index contributed by atoms with van der Waals surface area (Å²) in [4.78, 5) is 7.31. The summed E-state index contributed by atoms with van der Waals surface area (Å²) in [5.41, 5.74) is 3.51. The van der Waals surface area contributed by atoms with Crippen LogP contribution in [0.4, 0.5) is 0 Å². The largest absolute Gasteiger partial charge is 0.311 e. The highest BCUT2D eigenvalue weighted by Crippen LogP contribution is 2.29. The van der Waals surface area contributed by atoms with Gasteiger partial charge in [0.25, 0.3) is 0 Å². The van der Waals surface area contributed by atoms with Crippen molar-refractivity contribution in [3.05, 3.63) is 35.8 Å². The quantitative estimate of drug-likeness (QED) is 0.939. The van der Waals surface area contributed by atoms with E-state index in [0.717, 1.165) is 24.3 Å². The molecule has 2 aliphatic rings. The monoisotopic (exact) mass is 284 g/mol. The zero-order valence-electron chi connectivity index (χ0n) is 12.9. The maximum atomic E-state index is 4.81. The van der Waals surface area contributed by atoms with Crippen molar-refractivity contribution >= 4 is 5.65 Å². The van der Waals surface area contributed by atoms with E-state index in [-0.39, 0.29) is 0 Å². The average Bonchev–Trinajstić information content (AvgIpc) is 3.02. The average molecular weight is 284 g/mol. The smallest absolute Gasteiger partial charge is 0.139 e. The van der Waals surface area contributed by atoms with Crippen LogP contribution in [0.25, 0.3) is 5.65 Å². The van der Waals surface area contributed by atoms with Crippen LogP contribution < -0.4 is 5.32 Å². The fourth-order valence-electron chi connectivity index (χ4n) is 4.05. The number of pyridine rings is 1. The van der Waals surface area contributed by atoms with Crippen LogP contribution in [0.1, 0.15) is 36.9 Å². The van der Waals surface area contributed by atoms with Gasteiger partial charge in [-0.1, -0.05) is 6.07 Å². The zero-order chi connectivity index (χ0) is 14.4. The molecule has 4 heteroatoms. The van der Waals surface area contributed by atoms with Crippen LogP contribution in [-0.2, 0) is 6.54 Å². The van der Waals surface area contributed by atoms with Crippen molar-refractivity contribution < 1.29 is 0 Å². The predicted molar refractivity (Wildman–Crippen MR) is 84.4 cm³/mol. The molecule has 4 rings (SSSR count). The summed E-state index contributed by atoms with van der Waals surface area (Å²) in [5, 5.41) is 3.72. The summed E-state index contributed by atoms with van der Waals surface area (Å²) < 4.78 is 2.14. The van der Waals surface area contributed by atoms with Gasteiger partial charge in [-0.05, 0) is 51.3 Å². The SMILES string of the molecule is Cc1cccn2cc(CN(C)C3CC4CCC(C3)N4)nc12. The fraction of sp³-hybridized carbons (Fsp3) is 0.588. The van der Waals surface area contributed by atoms with Crippen molar-refractivity contribution in [2.75, 3.05) is 7.05 Å². The lowest BCUT2D eigenvalue weighted by Crippen LogP contribution is -2.46. The molecule has 2 fully saturated rings. The van der Waals surface area contributed by atoms with Gasteiger partial charge in [0.2, 0.25) is 0 Å². The van der Waals surface area contributed by atoms with Crippen molar-refractivity contribution in [2.24, 2.45) is 0 Å². The Morgan fingerprint density at radius 2 is 2.10 bits per heavy atom. The molecular weight excluding hydrogens is 260 g/mol. The summed E-state index contributed by atoms with van der Waals surface area (Å²) in [5.74, 6) is 0. The first-order valence-electron chi connectivity index (χ1n) is 8.08.